The molecule has 1 aromatic rings. The molecule has 104 valence electrons. The molecular formula is C15H23N3O. The molecule has 0 atom stereocenters. The van der Waals surface area contributed by atoms with Crippen LogP contribution in [-0.2, 0) is 17.6 Å². The third-order valence-corrected chi connectivity index (χ3v) is 3.58. The van der Waals surface area contributed by atoms with Gasteiger partial charge >= 0.3 is 0 Å². The third-order valence-electron chi connectivity index (χ3n) is 3.58. The topological polar surface area (TPSA) is 58.4 Å². The lowest BCUT2D eigenvalue weighted by Gasteiger charge is -2.18. The highest BCUT2D eigenvalue weighted by atomic mass is 16.2. The number of rotatable bonds is 2. The van der Waals surface area contributed by atoms with Crippen LogP contribution < -0.4 is 11.1 Å². The predicted octanol–water partition coefficient (Wildman–Crippen LogP) is 1.39. The smallest absolute Gasteiger partial charge is 0.243 e. The molecule has 0 aliphatic carbocycles. The van der Waals surface area contributed by atoms with Crippen LogP contribution in [0.15, 0.2) is 18.2 Å². The molecule has 0 unspecified atom stereocenters. The van der Waals surface area contributed by atoms with Crippen molar-refractivity contribution < 1.29 is 4.79 Å². The Hall–Kier alpha value is -1.39. The average Bonchev–Trinajstić information content (AvgIpc) is 2.51. The second-order valence-electron chi connectivity index (χ2n) is 5.96. The van der Waals surface area contributed by atoms with Crippen LogP contribution >= 0.6 is 0 Å². The number of carbonyl (C=O) groups is 1. The number of anilines is 1. The minimum atomic E-state index is -0.854. The fraction of sp³-hybridized carbons (Fsp3) is 0.533. The van der Waals surface area contributed by atoms with Crippen molar-refractivity contribution in [1.82, 2.24) is 4.90 Å². The fourth-order valence-electron chi connectivity index (χ4n) is 2.21. The van der Waals surface area contributed by atoms with E-state index in [1.54, 1.807) is 13.8 Å². The van der Waals surface area contributed by atoms with Crippen molar-refractivity contribution in [1.29, 1.82) is 0 Å². The van der Waals surface area contributed by atoms with Gasteiger partial charge in [0.05, 0.1) is 5.54 Å². The minimum Gasteiger partial charge on any atom is -0.325 e. The summed E-state index contributed by atoms with van der Waals surface area (Å²) in [5, 5.41) is 2.89. The van der Waals surface area contributed by atoms with Crippen molar-refractivity contribution in [3.63, 3.8) is 0 Å². The summed E-state index contributed by atoms with van der Waals surface area (Å²) in [6, 6.07) is 6.17. The third kappa shape index (κ3) is 3.55. The maximum Gasteiger partial charge on any atom is 0.243 e. The number of fused-ring (bicyclic) bond motifs is 1. The number of likely N-dealkylation sites (N-methyl/N-ethyl adjacent to an activating group) is 1. The van der Waals surface area contributed by atoms with Gasteiger partial charge in [0.2, 0.25) is 5.91 Å². The number of benzene rings is 1. The quantitative estimate of drug-likeness (QED) is 0.846. The molecule has 1 aliphatic rings. The molecule has 4 nitrogen and oxygen atoms in total. The summed E-state index contributed by atoms with van der Waals surface area (Å²) in [5.41, 5.74) is 8.49. The van der Waals surface area contributed by atoms with E-state index in [2.05, 4.69) is 29.4 Å². The predicted molar refractivity (Wildman–Crippen MR) is 78.2 cm³/mol. The van der Waals surface area contributed by atoms with Gasteiger partial charge in [-0.3, -0.25) is 4.79 Å². The monoisotopic (exact) mass is 261 g/mol. The van der Waals surface area contributed by atoms with Crippen LogP contribution in [0.25, 0.3) is 0 Å². The fourth-order valence-corrected chi connectivity index (χ4v) is 2.21. The van der Waals surface area contributed by atoms with Crippen molar-refractivity contribution in [2.75, 3.05) is 25.5 Å². The van der Waals surface area contributed by atoms with Crippen molar-refractivity contribution >= 4 is 11.6 Å². The lowest BCUT2D eigenvalue weighted by molar-refractivity contribution is -0.120. The second-order valence-corrected chi connectivity index (χ2v) is 5.96. The van der Waals surface area contributed by atoms with E-state index in [0.29, 0.717) is 0 Å². The van der Waals surface area contributed by atoms with E-state index in [1.807, 2.05) is 6.07 Å². The van der Waals surface area contributed by atoms with Gasteiger partial charge in [0.1, 0.15) is 0 Å². The molecule has 1 amide bonds. The summed E-state index contributed by atoms with van der Waals surface area (Å²) >= 11 is 0. The Morgan fingerprint density at radius 1 is 1.26 bits per heavy atom. The molecule has 0 aromatic heterocycles. The number of carbonyl (C=O) groups excluding carboxylic acids is 1. The molecular weight excluding hydrogens is 238 g/mol. The van der Waals surface area contributed by atoms with Crippen molar-refractivity contribution in [2.45, 2.75) is 32.2 Å². The number of nitrogens with one attached hydrogen (secondary N) is 1. The first-order chi connectivity index (χ1) is 8.86. The van der Waals surface area contributed by atoms with Gasteiger partial charge in [-0.25, -0.2) is 0 Å². The molecule has 3 N–H and O–H groups in total. The number of nitrogens with zero attached hydrogens (tertiary/aromatic N) is 1. The summed E-state index contributed by atoms with van der Waals surface area (Å²) in [6.45, 7) is 5.57. The van der Waals surface area contributed by atoms with Crippen LogP contribution in [-0.4, -0.2) is 36.5 Å². The van der Waals surface area contributed by atoms with Gasteiger partial charge in [0, 0.05) is 18.8 Å². The Bertz CT molecular complexity index is 477. The van der Waals surface area contributed by atoms with E-state index in [9.17, 15) is 4.79 Å². The van der Waals surface area contributed by atoms with E-state index in [4.69, 9.17) is 5.73 Å². The standard InChI is InChI=1S/C15H23N3O/c1-15(2,16)14(19)17-13-5-4-11-6-8-18(3)9-7-12(11)10-13/h4-5,10H,6-9,16H2,1-3H3,(H,17,19). The maximum absolute atomic E-state index is 11.9. The van der Waals surface area contributed by atoms with Gasteiger partial charge in [-0.05, 0) is 57.0 Å². The van der Waals surface area contributed by atoms with Crippen LogP contribution in [0.4, 0.5) is 5.69 Å². The molecule has 1 aromatic carbocycles. The molecule has 0 saturated carbocycles. The molecule has 0 spiro atoms. The Balaban J connectivity index is 2.15. The van der Waals surface area contributed by atoms with Gasteiger partial charge in [0.25, 0.3) is 0 Å². The lowest BCUT2D eigenvalue weighted by Crippen LogP contribution is -2.45. The number of hydrogen-bond donors (Lipinski definition) is 2. The molecule has 0 radical (unpaired) electrons. The summed E-state index contributed by atoms with van der Waals surface area (Å²) in [6.07, 6.45) is 2.10. The van der Waals surface area contributed by atoms with Crippen molar-refractivity contribution in [3.8, 4) is 0 Å². The molecule has 0 saturated heterocycles. The van der Waals surface area contributed by atoms with E-state index in [-0.39, 0.29) is 5.91 Å². The first kappa shape index (κ1) is 14.0. The van der Waals surface area contributed by atoms with Gasteiger partial charge in [-0.2, -0.15) is 0 Å². The van der Waals surface area contributed by atoms with Crippen molar-refractivity contribution in [2.24, 2.45) is 5.73 Å². The summed E-state index contributed by atoms with van der Waals surface area (Å²) < 4.78 is 0. The van der Waals surface area contributed by atoms with Crippen LogP contribution in [0.3, 0.4) is 0 Å². The van der Waals surface area contributed by atoms with Crippen molar-refractivity contribution in [3.05, 3.63) is 29.3 Å². The zero-order valence-corrected chi connectivity index (χ0v) is 12.0. The molecule has 0 bridgehead atoms. The Labute approximate surface area is 115 Å². The zero-order chi connectivity index (χ0) is 14.0. The van der Waals surface area contributed by atoms with E-state index >= 15 is 0 Å². The van der Waals surface area contributed by atoms with Crippen LogP contribution in [0.2, 0.25) is 0 Å². The van der Waals surface area contributed by atoms with E-state index in [1.165, 1.54) is 11.1 Å². The minimum absolute atomic E-state index is 0.154. The highest BCUT2D eigenvalue weighted by Gasteiger charge is 2.22. The van der Waals surface area contributed by atoms with Gasteiger partial charge in [0.15, 0.2) is 0 Å². The molecule has 1 heterocycles. The Morgan fingerprint density at radius 3 is 2.53 bits per heavy atom. The van der Waals surface area contributed by atoms with Crippen LogP contribution in [0.1, 0.15) is 25.0 Å². The lowest BCUT2D eigenvalue weighted by atomic mass is 10.0. The number of hydrogen-bond acceptors (Lipinski definition) is 3. The molecule has 1 aliphatic heterocycles. The largest absolute Gasteiger partial charge is 0.325 e. The summed E-state index contributed by atoms with van der Waals surface area (Å²) in [7, 11) is 2.14. The first-order valence-electron chi connectivity index (χ1n) is 6.77. The molecule has 4 heteroatoms. The molecule has 19 heavy (non-hydrogen) atoms. The second kappa shape index (κ2) is 5.31. The van der Waals surface area contributed by atoms with Crippen LogP contribution in [0, 0.1) is 0 Å². The normalized spacial score (nSPS) is 16.6. The number of amides is 1. The first-order valence-corrected chi connectivity index (χ1v) is 6.77. The van der Waals surface area contributed by atoms with E-state index < -0.39 is 5.54 Å². The SMILES string of the molecule is CN1CCc2ccc(NC(=O)C(C)(C)N)cc2CC1. The molecule has 0 fully saturated rings. The Kier molecular flexibility index (Phi) is 3.92. The summed E-state index contributed by atoms with van der Waals surface area (Å²) in [5.74, 6) is -0.154. The number of nitrogens with two attached hydrogens (primary N) is 1. The molecule has 2 rings (SSSR count). The van der Waals surface area contributed by atoms with E-state index in [0.717, 1.165) is 31.6 Å². The van der Waals surface area contributed by atoms with Crippen LogP contribution in [0.5, 0.6) is 0 Å². The highest BCUT2D eigenvalue weighted by molar-refractivity contribution is 5.97. The average molecular weight is 261 g/mol. The van der Waals surface area contributed by atoms with Gasteiger partial charge in [-0.1, -0.05) is 6.07 Å². The Morgan fingerprint density at radius 2 is 1.89 bits per heavy atom. The van der Waals surface area contributed by atoms with Gasteiger partial charge in [-0.15, -0.1) is 0 Å². The van der Waals surface area contributed by atoms with Gasteiger partial charge < -0.3 is 16.0 Å². The highest BCUT2D eigenvalue weighted by Crippen LogP contribution is 2.20. The zero-order valence-electron chi connectivity index (χ0n) is 12.0. The summed E-state index contributed by atoms with van der Waals surface area (Å²) in [4.78, 5) is 14.2. The maximum atomic E-state index is 11.9.